The molecule has 2 aromatic heterocycles. The number of primary sulfonamides is 1. The highest BCUT2D eigenvalue weighted by Gasteiger charge is 2.21. The zero-order valence-electron chi connectivity index (χ0n) is 10.3. The molecule has 0 fully saturated rings. The number of aryl methyl sites for hydroxylation is 1. The maximum Gasteiger partial charge on any atom is 0.349 e. The minimum Gasteiger partial charge on any atom is -0.246 e. The van der Waals surface area contributed by atoms with Gasteiger partial charge < -0.3 is 0 Å². The third-order valence-electron chi connectivity index (χ3n) is 2.50. The first-order valence-corrected chi connectivity index (χ1v) is 8.65. The molecule has 0 aromatic carbocycles. The molecule has 0 radical (unpaired) electrons. The summed E-state index contributed by atoms with van der Waals surface area (Å²) in [4.78, 5) is 15.2. The van der Waals surface area contributed by atoms with Gasteiger partial charge in [0.1, 0.15) is 5.82 Å². The minimum atomic E-state index is -3.94. The standard InChI is InChI=1S/C8H11N5O5S2/c1-5-10-7(4-6-11-12-8(14)13(5)6)19(15,16)2-3-20(9,17)18/h4H,2-3H2,1H3,(H,12,14)(H2,9,17,18). The fourth-order valence-electron chi connectivity index (χ4n) is 1.56. The van der Waals surface area contributed by atoms with Gasteiger partial charge in [-0.1, -0.05) is 0 Å². The molecule has 2 heterocycles. The maximum absolute atomic E-state index is 12.0. The van der Waals surface area contributed by atoms with Crippen molar-refractivity contribution in [2.24, 2.45) is 5.14 Å². The van der Waals surface area contributed by atoms with Crippen LogP contribution in [0.1, 0.15) is 5.82 Å². The number of sulfonamides is 1. The molecule has 2 aromatic rings. The summed E-state index contributed by atoms with van der Waals surface area (Å²) >= 11 is 0. The SMILES string of the molecule is Cc1nc(S(=O)(=O)CCS(N)(=O)=O)cc2n[nH]c(=O)n12. The average Bonchev–Trinajstić information content (AvgIpc) is 2.68. The zero-order chi connectivity index (χ0) is 15.1. The van der Waals surface area contributed by atoms with E-state index in [2.05, 4.69) is 15.2 Å². The minimum absolute atomic E-state index is 0.0803. The van der Waals surface area contributed by atoms with E-state index in [-0.39, 0.29) is 16.5 Å². The molecule has 3 N–H and O–H groups in total. The lowest BCUT2D eigenvalue weighted by molar-refractivity contribution is 0.585. The summed E-state index contributed by atoms with van der Waals surface area (Å²) in [7, 11) is -7.84. The lowest BCUT2D eigenvalue weighted by Crippen LogP contribution is -2.24. The molecule has 110 valence electrons. The van der Waals surface area contributed by atoms with Crippen molar-refractivity contribution in [3.05, 3.63) is 22.4 Å². The molecule has 0 atom stereocenters. The van der Waals surface area contributed by atoms with Crippen LogP contribution < -0.4 is 10.8 Å². The van der Waals surface area contributed by atoms with E-state index in [0.29, 0.717) is 0 Å². The Kier molecular flexibility index (Phi) is 3.39. The van der Waals surface area contributed by atoms with Crippen LogP contribution in [-0.4, -0.2) is 47.9 Å². The molecule has 12 heteroatoms. The van der Waals surface area contributed by atoms with Crippen LogP contribution in [0.5, 0.6) is 0 Å². The molecule has 20 heavy (non-hydrogen) atoms. The summed E-state index contributed by atoms with van der Waals surface area (Å²) < 4.78 is 46.7. The normalized spacial score (nSPS) is 12.9. The number of aromatic amines is 1. The van der Waals surface area contributed by atoms with Gasteiger partial charge in [-0.2, -0.15) is 5.10 Å². The molecular formula is C8H11N5O5S2. The van der Waals surface area contributed by atoms with Gasteiger partial charge in [0, 0.05) is 6.07 Å². The van der Waals surface area contributed by atoms with Crippen LogP contribution in [0.15, 0.2) is 15.9 Å². The van der Waals surface area contributed by atoms with E-state index in [4.69, 9.17) is 5.14 Å². The number of aromatic nitrogens is 4. The zero-order valence-corrected chi connectivity index (χ0v) is 11.9. The predicted molar refractivity (Wildman–Crippen MR) is 68.4 cm³/mol. The Morgan fingerprint density at radius 2 is 1.95 bits per heavy atom. The summed E-state index contributed by atoms with van der Waals surface area (Å²) in [6, 6.07) is 1.09. The molecule has 0 saturated carbocycles. The van der Waals surface area contributed by atoms with Crippen LogP contribution in [0.4, 0.5) is 0 Å². The van der Waals surface area contributed by atoms with E-state index >= 15 is 0 Å². The molecule has 0 bridgehead atoms. The molecule has 0 aliphatic heterocycles. The molecule has 0 amide bonds. The first kappa shape index (κ1) is 14.6. The van der Waals surface area contributed by atoms with E-state index in [1.54, 1.807) is 0 Å². The molecule has 0 aliphatic rings. The van der Waals surface area contributed by atoms with E-state index in [0.717, 1.165) is 10.5 Å². The number of hydrogen-bond acceptors (Lipinski definition) is 7. The van der Waals surface area contributed by atoms with Gasteiger partial charge in [-0.05, 0) is 6.92 Å². The Balaban J connectivity index is 2.50. The Labute approximate surface area is 113 Å². The van der Waals surface area contributed by atoms with Gasteiger partial charge >= 0.3 is 5.69 Å². The first-order chi connectivity index (χ1) is 9.10. The van der Waals surface area contributed by atoms with Gasteiger partial charge in [0.15, 0.2) is 20.5 Å². The van der Waals surface area contributed by atoms with E-state index in [9.17, 15) is 21.6 Å². The second-order valence-corrected chi connectivity index (χ2v) is 7.84. The van der Waals surface area contributed by atoms with Crippen LogP contribution in [-0.2, 0) is 19.9 Å². The van der Waals surface area contributed by atoms with Crippen LogP contribution in [0.2, 0.25) is 0 Å². The summed E-state index contributed by atoms with van der Waals surface area (Å²) in [6.45, 7) is 1.43. The molecule has 2 rings (SSSR count). The summed E-state index contributed by atoms with van der Waals surface area (Å²) in [5.41, 5.74) is -0.463. The van der Waals surface area contributed by atoms with Crippen LogP contribution in [0.3, 0.4) is 0 Å². The third kappa shape index (κ3) is 2.86. The van der Waals surface area contributed by atoms with Crippen molar-refractivity contribution < 1.29 is 16.8 Å². The smallest absolute Gasteiger partial charge is 0.246 e. The van der Waals surface area contributed by atoms with E-state index < -0.39 is 37.1 Å². The highest BCUT2D eigenvalue weighted by Crippen LogP contribution is 2.11. The van der Waals surface area contributed by atoms with Crippen molar-refractivity contribution in [3.8, 4) is 0 Å². The summed E-state index contributed by atoms with van der Waals surface area (Å²) in [5, 5.41) is 10.2. The topological polar surface area (TPSA) is 157 Å². The largest absolute Gasteiger partial charge is 0.349 e. The van der Waals surface area contributed by atoms with Gasteiger partial charge in [0.2, 0.25) is 10.0 Å². The van der Waals surface area contributed by atoms with Gasteiger partial charge in [0.25, 0.3) is 0 Å². The summed E-state index contributed by atoms with van der Waals surface area (Å²) in [5.74, 6) is -1.28. The molecule has 0 aliphatic carbocycles. The second-order valence-electron chi connectivity index (χ2n) is 4.05. The summed E-state index contributed by atoms with van der Waals surface area (Å²) in [6.07, 6.45) is 0. The molecule has 0 unspecified atom stereocenters. The average molecular weight is 321 g/mol. The van der Waals surface area contributed by atoms with Gasteiger partial charge in [0.05, 0.1) is 11.5 Å². The quantitative estimate of drug-likeness (QED) is 0.604. The maximum atomic E-state index is 12.0. The number of nitrogens with zero attached hydrogens (tertiary/aromatic N) is 3. The van der Waals surface area contributed by atoms with Crippen molar-refractivity contribution >= 4 is 25.5 Å². The molecular weight excluding hydrogens is 310 g/mol. The monoisotopic (exact) mass is 321 g/mol. The molecule has 0 spiro atoms. The number of sulfone groups is 1. The van der Waals surface area contributed by atoms with Crippen molar-refractivity contribution in [1.29, 1.82) is 0 Å². The number of hydrogen-bond donors (Lipinski definition) is 2. The Morgan fingerprint density at radius 1 is 1.30 bits per heavy atom. The van der Waals surface area contributed by atoms with Crippen LogP contribution >= 0.6 is 0 Å². The van der Waals surface area contributed by atoms with Crippen LogP contribution in [0.25, 0.3) is 5.65 Å². The van der Waals surface area contributed by atoms with Gasteiger partial charge in [-0.25, -0.2) is 41.3 Å². The second kappa shape index (κ2) is 4.64. The van der Waals surface area contributed by atoms with E-state index in [1.165, 1.54) is 6.92 Å². The number of H-pyrrole nitrogens is 1. The Morgan fingerprint density at radius 3 is 2.55 bits per heavy atom. The number of rotatable bonds is 4. The van der Waals surface area contributed by atoms with Crippen molar-refractivity contribution in [1.82, 2.24) is 19.6 Å². The number of nitrogens with one attached hydrogen (secondary N) is 1. The molecule has 10 nitrogen and oxygen atoms in total. The van der Waals surface area contributed by atoms with Gasteiger partial charge in [-0.3, -0.25) is 0 Å². The fraction of sp³-hybridized carbons (Fsp3) is 0.375. The lowest BCUT2D eigenvalue weighted by atomic mass is 10.5. The highest BCUT2D eigenvalue weighted by molar-refractivity contribution is 7.94. The number of fused-ring (bicyclic) bond motifs is 1. The fourth-order valence-corrected chi connectivity index (χ4v) is 4.13. The van der Waals surface area contributed by atoms with Crippen molar-refractivity contribution in [2.75, 3.05) is 11.5 Å². The highest BCUT2D eigenvalue weighted by atomic mass is 32.2. The predicted octanol–water partition coefficient (Wildman–Crippen LogP) is -2.21. The van der Waals surface area contributed by atoms with Gasteiger partial charge in [-0.15, -0.1) is 0 Å². The third-order valence-corrected chi connectivity index (χ3v) is 5.12. The Bertz CT molecular complexity index is 924. The van der Waals surface area contributed by atoms with Crippen molar-refractivity contribution in [2.45, 2.75) is 11.9 Å². The van der Waals surface area contributed by atoms with Crippen LogP contribution in [0, 0.1) is 6.92 Å². The molecule has 0 saturated heterocycles. The first-order valence-electron chi connectivity index (χ1n) is 5.28. The number of nitrogens with two attached hydrogens (primary N) is 1. The lowest BCUT2D eigenvalue weighted by Gasteiger charge is -2.05. The Hall–Kier alpha value is -1.79. The van der Waals surface area contributed by atoms with Crippen molar-refractivity contribution in [3.63, 3.8) is 0 Å². The van der Waals surface area contributed by atoms with E-state index in [1.807, 2.05) is 0 Å².